The van der Waals surface area contributed by atoms with E-state index in [4.69, 9.17) is 0 Å². The molecule has 6 nitrogen and oxygen atoms in total. The quantitative estimate of drug-likeness (QED) is 0.253. The first kappa shape index (κ1) is 25.3. The van der Waals surface area contributed by atoms with Crippen molar-refractivity contribution < 1.29 is 33.7 Å². The Labute approximate surface area is 172 Å². The van der Waals surface area contributed by atoms with Crippen LogP contribution in [0, 0.1) is 11.3 Å². The van der Waals surface area contributed by atoms with Gasteiger partial charge in [-0.05, 0) is 38.0 Å². The number of ether oxygens (including phenoxy) is 1. The van der Waals surface area contributed by atoms with E-state index in [2.05, 4.69) is 4.74 Å². The number of rotatable bonds is 14. The minimum absolute atomic E-state index is 0.00161. The molecule has 1 aliphatic rings. The minimum Gasteiger partial charge on any atom is -0.480 e. The van der Waals surface area contributed by atoms with Crippen LogP contribution in [0.2, 0.25) is 0 Å². The Balaban J connectivity index is 2.96. The number of methoxy groups -OCH3 is 1. The molecule has 1 unspecified atom stereocenters. The van der Waals surface area contributed by atoms with Crippen LogP contribution >= 0.6 is 0 Å². The number of unbranched alkanes of at least 4 members (excludes halogenated alkanes) is 1. The first-order valence-electron chi connectivity index (χ1n) is 10.6. The van der Waals surface area contributed by atoms with Gasteiger partial charge in [0.15, 0.2) is 11.2 Å². The molecule has 0 heterocycles. The zero-order chi connectivity index (χ0) is 21.9. The molecule has 1 aliphatic carbocycles. The van der Waals surface area contributed by atoms with Gasteiger partial charge in [0.2, 0.25) is 0 Å². The van der Waals surface area contributed by atoms with Gasteiger partial charge in [-0.3, -0.25) is 14.4 Å². The first-order chi connectivity index (χ1) is 13.8. The lowest BCUT2D eigenvalue weighted by Crippen LogP contribution is -2.53. The molecule has 0 bridgehead atoms. The molecule has 0 spiro atoms. The molecule has 1 rings (SSSR count). The highest BCUT2D eigenvalue weighted by molar-refractivity contribution is 6.04. The van der Waals surface area contributed by atoms with Crippen LogP contribution in [0.25, 0.3) is 0 Å². The molecule has 3 atom stereocenters. The van der Waals surface area contributed by atoms with Gasteiger partial charge in [-0.2, -0.15) is 0 Å². The lowest BCUT2D eigenvalue weighted by molar-refractivity contribution is -0.169. The van der Waals surface area contributed by atoms with Crippen molar-refractivity contribution in [2.24, 2.45) is 11.3 Å². The molecular formula is C22H35FO6. The van der Waals surface area contributed by atoms with Gasteiger partial charge in [-0.25, -0.2) is 4.39 Å². The third-order valence-electron chi connectivity index (χ3n) is 5.93. The molecule has 0 aromatic heterocycles. The van der Waals surface area contributed by atoms with Crippen LogP contribution in [0.1, 0.15) is 77.6 Å². The lowest BCUT2D eigenvalue weighted by Gasteiger charge is -2.37. The standard InChI is InChI=1S/C22H35FO6/c1-3-4-11-17(23)14-15-19(25)22(21(27)28,16-9-5-6-10-16)18(24)12-7-8-13-20(26)29-2/h7-8,16-18,24H,3-6,9-15H2,1-2H3,(H,27,28)/t17?,18-,22-/m1/s1. The van der Waals surface area contributed by atoms with E-state index in [1.807, 2.05) is 6.92 Å². The van der Waals surface area contributed by atoms with E-state index in [1.54, 1.807) is 0 Å². The molecule has 29 heavy (non-hydrogen) atoms. The number of hydrogen-bond donors (Lipinski definition) is 2. The molecule has 0 aromatic carbocycles. The van der Waals surface area contributed by atoms with Crippen molar-refractivity contribution in [3.63, 3.8) is 0 Å². The monoisotopic (exact) mass is 414 g/mol. The summed E-state index contributed by atoms with van der Waals surface area (Å²) in [5, 5.41) is 20.9. The summed E-state index contributed by atoms with van der Waals surface area (Å²) in [5.74, 6) is -2.85. The van der Waals surface area contributed by atoms with E-state index in [9.17, 15) is 29.0 Å². The third-order valence-corrected chi connectivity index (χ3v) is 5.93. The zero-order valence-electron chi connectivity index (χ0n) is 17.6. The Bertz CT molecular complexity index is 570. The Morgan fingerprint density at radius 3 is 2.41 bits per heavy atom. The number of carboxylic acids is 1. The molecule has 0 saturated heterocycles. The molecule has 0 aromatic rings. The van der Waals surface area contributed by atoms with Crippen molar-refractivity contribution in [1.82, 2.24) is 0 Å². The van der Waals surface area contributed by atoms with Gasteiger partial charge in [-0.15, -0.1) is 0 Å². The second-order valence-corrected chi connectivity index (χ2v) is 7.86. The molecule has 1 fully saturated rings. The summed E-state index contributed by atoms with van der Waals surface area (Å²) in [7, 11) is 1.26. The number of carboxylic acid groups (broad SMARTS) is 1. The highest BCUT2D eigenvalue weighted by Crippen LogP contribution is 2.45. The SMILES string of the molecule is CCCCC(F)CCC(=O)[C@@](C(=O)O)(C1CCCC1)[C@H](O)CC=CCC(=O)OC. The Kier molecular flexibility index (Phi) is 11.1. The van der Waals surface area contributed by atoms with Gasteiger partial charge < -0.3 is 14.9 Å². The van der Waals surface area contributed by atoms with Crippen LogP contribution in [-0.2, 0) is 19.1 Å². The topological polar surface area (TPSA) is 101 Å². The van der Waals surface area contributed by atoms with Crippen molar-refractivity contribution in [1.29, 1.82) is 0 Å². The molecule has 2 N–H and O–H groups in total. The van der Waals surface area contributed by atoms with Crippen LogP contribution < -0.4 is 0 Å². The third kappa shape index (κ3) is 6.91. The summed E-state index contributed by atoms with van der Waals surface area (Å²) in [4.78, 5) is 36.6. The molecule has 0 aliphatic heterocycles. The van der Waals surface area contributed by atoms with Crippen molar-refractivity contribution in [2.75, 3.05) is 7.11 Å². The number of Topliss-reactive ketones (excluding diaryl/α,β-unsaturated/α-hetero) is 1. The molecule has 0 radical (unpaired) electrons. The fourth-order valence-corrected chi connectivity index (χ4v) is 4.24. The number of hydrogen-bond acceptors (Lipinski definition) is 5. The molecule has 7 heteroatoms. The Morgan fingerprint density at radius 1 is 1.21 bits per heavy atom. The highest BCUT2D eigenvalue weighted by atomic mass is 19.1. The molecule has 166 valence electrons. The van der Waals surface area contributed by atoms with Gasteiger partial charge in [0.25, 0.3) is 0 Å². The number of aliphatic carboxylic acids is 1. The molecule has 1 saturated carbocycles. The number of halogens is 1. The van der Waals surface area contributed by atoms with Gasteiger partial charge in [0.05, 0.1) is 19.6 Å². The fourth-order valence-electron chi connectivity index (χ4n) is 4.24. The van der Waals surface area contributed by atoms with Crippen LogP contribution in [-0.4, -0.2) is 47.3 Å². The van der Waals surface area contributed by atoms with E-state index in [0.717, 1.165) is 25.7 Å². The predicted octanol–water partition coefficient (Wildman–Crippen LogP) is 4.00. The smallest absolute Gasteiger partial charge is 0.320 e. The lowest BCUT2D eigenvalue weighted by atomic mass is 9.65. The number of aliphatic hydroxyl groups excluding tert-OH is 1. The summed E-state index contributed by atoms with van der Waals surface area (Å²) in [6, 6.07) is 0. The Morgan fingerprint density at radius 2 is 1.86 bits per heavy atom. The number of aliphatic hydroxyl groups is 1. The summed E-state index contributed by atoms with van der Waals surface area (Å²) < 4.78 is 18.6. The summed E-state index contributed by atoms with van der Waals surface area (Å²) in [5.41, 5.74) is -1.93. The summed E-state index contributed by atoms with van der Waals surface area (Å²) in [6.45, 7) is 1.96. The van der Waals surface area contributed by atoms with Crippen molar-refractivity contribution in [3.8, 4) is 0 Å². The van der Waals surface area contributed by atoms with Crippen LogP contribution in [0.15, 0.2) is 12.2 Å². The van der Waals surface area contributed by atoms with E-state index >= 15 is 0 Å². The average Bonchev–Trinajstić information content (AvgIpc) is 3.22. The van der Waals surface area contributed by atoms with Crippen LogP contribution in [0.4, 0.5) is 4.39 Å². The number of ketones is 1. The second kappa shape index (κ2) is 12.7. The fraction of sp³-hybridized carbons (Fsp3) is 0.773. The number of carbonyl (C=O) groups is 3. The normalized spacial score (nSPS) is 19.0. The number of alkyl halides is 1. The first-order valence-corrected chi connectivity index (χ1v) is 10.6. The average molecular weight is 415 g/mol. The predicted molar refractivity (Wildman–Crippen MR) is 107 cm³/mol. The molecule has 0 amide bonds. The van der Waals surface area contributed by atoms with Gasteiger partial charge in [0, 0.05) is 6.42 Å². The van der Waals surface area contributed by atoms with E-state index in [0.29, 0.717) is 19.3 Å². The van der Waals surface area contributed by atoms with Crippen LogP contribution in [0.3, 0.4) is 0 Å². The zero-order valence-corrected chi connectivity index (χ0v) is 17.6. The summed E-state index contributed by atoms with van der Waals surface area (Å²) >= 11 is 0. The Hall–Kier alpha value is -1.76. The van der Waals surface area contributed by atoms with Crippen molar-refractivity contribution in [2.45, 2.75) is 89.8 Å². The number of carbonyl (C=O) groups excluding carboxylic acids is 2. The van der Waals surface area contributed by atoms with Crippen molar-refractivity contribution in [3.05, 3.63) is 12.2 Å². The maximum Gasteiger partial charge on any atom is 0.320 e. The summed E-state index contributed by atoms with van der Waals surface area (Å²) in [6.07, 6.45) is 4.76. The van der Waals surface area contributed by atoms with E-state index < -0.39 is 41.3 Å². The van der Waals surface area contributed by atoms with Crippen molar-refractivity contribution >= 4 is 17.7 Å². The highest BCUT2D eigenvalue weighted by Gasteiger charge is 2.56. The minimum atomic E-state index is -1.93. The largest absolute Gasteiger partial charge is 0.480 e. The van der Waals surface area contributed by atoms with Gasteiger partial charge >= 0.3 is 11.9 Å². The maximum atomic E-state index is 14.1. The van der Waals surface area contributed by atoms with Crippen LogP contribution in [0.5, 0.6) is 0 Å². The maximum absolute atomic E-state index is 14.1. The van der Waals surface area contributed by atoms with Gasteiger partial charge in [-0.1, -0.05) is 44.8 Å². The number of esters is 1. The van der Waals surface area contributed by atoms with Gasteiger partial charge in [0.1, 0.15) is 6.17 Å². The van der Waals surface area contributed by atoms with E-state index in [1.165, 1.54) is 19.3 Å². The molecular weight excluding hydrogens is 379 g/mol. The van der Waals surface area contributed by atoms with E-state index in [-0.39, 0.29) is 25.7 Å². The second-order valence-electron chi connectivity index (χ2n) is 7.86.